The van der Waals surface area contributed by atoms with Crippen molar-refractivity contribution in [3.63, 3.8) is 0 Å². The average molecular weight is 356 g/mol. The van der Waals surface area contributed by atoms with Gasteiger partial charge in [0.15, 0.2) is 0 Å². The number of halogens is 3. The van der Waals surface area contributed by atoms with Crippen LogP contribution in [0.1, 0.15) is 18.1 Å². The molecule has 0 radical (unpaired) electrons. The number of nitrogens with zero attached hydrogens (tertiary/aromatic N) is 2. The molecule has 136 valence electrons. The van der Waals surface area contributed by atoms with Crippen molar-refractivity contribution in [1.29, 1.82) is 0 Å². The normalized spacial score (nSPS) is 16.9. The lowest BCUT2D eigenvalue weighted by Crippen LogP contribution is -2.43. The van der Waals surface area contributed by atoms with Gasteiger partial charge in [-0.1, -0.05) is 12.1 Å². The van der Waals surface area contributed by atoms with E-state index in [2.05, 4.69) is 0 Å². The molecule has 1 aromatic carbocycles. The number of hydrogen-bond donors (Lipinski definition) is 0. The third-order valence-corrected chi connectivity index (χ3v) is 3.76. The molecule has 0 aromatic heterocycles. The van der Waals surface area contributed by atoms with Crippen LogP contribution in [-0.2, 0) is 22.1 Å². The van der Waals surface area contributed by atoms with Gasteiger partial charge in [-0.2, -0.15) is 13.2 Å². The maximum absolute atomic E-state index is 13.0. The lowest BCUT2D eigenvalue weighted by Gasteiger charge is -2.27. The number of ether oxygens (including phenoxy) is 1. The number of benzene rings is 1. The Morgan fingerprint density at radius 2 is 2.04 bits per heavy atom. The van der Waals surface area contributed by atoms with Crippen LogP contribution in [0, 0.1) is 0 Å². The fourth-order valence-electron chi connectivity index (χ4n) is 2.63. The summed E-state index contributed by atoms with van der Waals surface area (Å²) in [6, 6.07) is 2.31. The third kappa shape index (κ3) is 4.12. The summed E-state index contributed by atoms with van der Waals surface area (Å²) in [6.07, 6.45) is -1.50. The molecule has 1 heterocycles. The number of esters is 1. The Labute approximate surface area is 143 Å². The molecule has 1 aromatic rings. The topological polar surface area (TPSA) is 49.9 Å². The number of anilines is 1. The van der Waals surface area contributed by atoms with E-state index in [1.54, 1.807) is 6.92 Å². The van der Waals surface area contributed by atoms with E-state index in [1.807, 2.05) is 0 Å². The first-order valence-corrected chi connectivity index (χ1v) is 7.70. The van der Waals surface area contributed by atoms with Gasteiger partial charge in [0, 0.05) is 20.2 Å². The predicted octanol–water partition coefficient (Wildman–Crippen LogP) is 3.24. The highest BCUT2D eigenvalue weighted by atomic mass is 19.4. The fourth-order valence-corrected chi connectivity index (χ4v) is 2.63. The van der Waals surface area contributed by atoms with Crippen LogP contribution in [0.4, 0.5) is 23.7 Å². The summed E-state index contributed by atoms with van der Waals surface area (Å²) in [6.45, 7) is 1.88. The van der Waals surface area contributed by atoms with E-state index in [-0.39, 0.29) is 12.3 Å². The van der Waals surface area contributed by atoms with Gasteiger partial charge in [-0.3, -0.25) is 4.90 Å². The number of carbonyl (C=O) groups excluding carboxylic acids is 2. The highest BCUT2D eigenvalue weighted by Crippen LogP contribution is 2.38. The summed E-state index contributed by atoms with van der Waals surface area (Å²) in [5.74, 6) is -0.563. The largest absolute Gasteiger partial charge is 0.463 e. The van der Waals surface area contributed by atoms with Crippen molar-refractivity contribution in [2.45, 2.75) is 25.6 Å². The summed E-state index contributed by atoms with van der Waals surface area (Å²) in [4.78, 5) is 26.5. The van der Waals surface area contributed by atoms with Crippen molar-refractivity contribution in [2.24, 2.45) is 0 Å². The summed E-state index contributed by atoms with van der Waals surface area (Å²) in [7, 11) is 3.03. The van der Waals surface area contributed by atoms with E-state index in [9.17, 15) is 22.8 Å². The molecule has 25 heavy (non-hydrogen) atoms. The van der Waals surface area contributed by atoms with Gasteiger partial charge in [0.2, 0.25) is 0 Å². The Balaban J connectivity index is 2.40. The van der Waals surface area contributed by atoms with Crippen LogP contribution in [0.5, 0.6) is 0 Å². The molecule has 0 fully saturated rings. The summed E-state index contributed by atoms with van der Waals surface area (Å²) >= 11 is 0. The van der Waals surface area contributed by atoms with Crippen LogP contribution in [0.2, 0.25) is 0 Å². The van der Waals surface area contributed by atoms with E-state index in [0.29, 0.717) is 12.0 Å². The molecular weight excluding hydrogens is 337 g/mol. The highest BCUT2D eigenvalue weighted by Gasteiger charge is 2.37. The number of urea groups is 1. The predicted molar refractivity (Wildman–Crippen MR) is 86.3 cm³/mol. The molecule has 0 aliphatic carbocycles. The lowest BCUT2D eigenvalue weighted by atomic mass is 10.1. The van der Waals surface area contributed by atoms with Crippen molar-refractivity contribution in [2.75, 3.05) is 25.6 Å². The number of fused-ring (bicyclic) bond motifs is 1. The zero-order valence-corrected chi connectivity index (χ0v) is 14.1. The molecule has 0 spiro atoms. The number of carbonyl (C=O) groups is 2. The zero-order valence-electron chi connectivity index (χ0n) is 14.1. The highest BCUT2D eigenvalue weighted by molar-refractivity contribution is 5.95. The van der Waals surface area contributed by atoms with E-state index in [1.165, 1.54) is 42.1 Å². The average Bonchev–Trinajstić information content (AvgIpc) is 2.88. The molecular formula is C17H19F3N2O3. The van der Waals surface area contributed by atoms with Crippen molar-refractivity contribution >= 4 is 17.7 Å². The molecule has 1 unspecified atom stereocenters. The van der Waals surface area contributed by atoms with Gasteiger partial charge in [-0.25, -0.2) is 9.59 Å². The Morgan fingerprint density at radius 3 is 2.60 bits per heavy atom. The minimum Gasteiger partial charge on any atom is -0.463 e. The summed E-state index contributed by atoms with van der Waals surface area (Å²) in [5, 5.41) is 0. The van der Waals surface area contributed by atoms with Crippen LogP contribution in [-0.4, -0.2) is 43.6 Å². The first-order valence-electron chi connectivity index (χ1n) is 7.70. The molecule has 2 rings (SSSR count). The quantitative estimate of drug-likeness (QED) is 0.617. The number of amides is 2. The number of rotatable bonds is 3. The van der Waals surface area contributed by atoms with Gasteiger partial charge in [-0.05, 0) is 31.0 Å². The van der Waals surface area contributed by atoms with Gasteiger partial charge in [0.25, 0.3) is 0 Å². The minimum atomic E-state index is -4.50. The van der Waals surface area contributed by atoms with E-state index >= 15 is 0 Å². The van der Waals surface area contributed by atoms with Crippen molar-refractivity contribution < 1.29 is 27.5 Å². The van der Waals surface area contributed by atoms with Gasteiger partial charge in [0.1, 0.15) is 0 Å². The molecule has 5 nitrogen and oxygen atoms in total. The van der Waals surface area contributed by atoms with Gasteiger partial charge in [0.05, 0.1) is 23.9 Å². The van der Waals surface area contributed by atoms with Crippen LogP contribution in [0.25, 0.3) is 0 Å². The Hall–Kier alpha value is -2.51. The first-order chi connectivity index (χ1) is 11.6. The van der Waals surface area contributed by atoms with Crippen LogP contribution >= 0.6 is 0 Å². The van der Waals surface area contributed by atoms with Crippen LogP contribution in [0.15, 0.2) is 30.4 Å². The molecule has 1 aliphatic rings. The fraction of sp³-hybridized carbons (Fsp3) is 0.412. The second-order valence-corrected chi connectivity index (χ2v) is 5.77. The van der Waals surface area contributed by atoms with Gasteiger partial charge in [-0.15, -0.1) is 0 Å². The van der Waals surface area contributed by atoms with Gasteiger partial charge < -0.3 is 9.64 Å². The molecule has 8 heteroatoms. The van der Waals surface area contributed by atoms with Crippen molar-refractivity contribution in [3.05, 3.63) is 41.5 Å². The second kappa shape index (κ2) is 7.16. The molecule has 1 aliphatic heterocycles. The number of hydrogen-bond acceptors (Lipinski definition) is 3. The zero-order chi connectivity index (χ0) is 18.8. The smallest absolute Gasteiger partial charge is 0.416 e. The third-order valence-electron chi connectivity index (χ3n) is 3.76. The lowest BCUT2D eigenvalue weighted by molar-refractivity contribution is -0.138. The number of alkyl halides is 3. The maximum Gasteiger partial charge on any atom is 0.416 e. The van der Waals surface area contributed by atoms with Gasteiger partial charge >= 0.3 is 18.2 Å². The molecule has 0 N–H and O–H groups in total. The maximum atomic E-state index is 13.0. The second-order valence-electron chi connectivity index (χ2n) is 5.77. The Morgan fingerprint density at radius 1 is 1.36 bits per heavy atom. The summed E-state index contributed by atoms with van der Waals surface area (Å²) < 4.78 is 43.8. The Kier molecular flexibility index (Phi) is 5.39. The van der Waals surface area contributed by atoms with E-state index in [0.717, 1.165) is 12.1 Å². The van der Waals surface area contributed by atoms with Crippen LogP contribution < -0.4 is 4.90 Å². The van der Waals surface area contributed by atoms with E-state index in [4.69, 9.17) is 4.74 Å². The Bertz CT molecular complexity index is 699. The molecule has 0 saturated heterocycles. The van der Waals surface area contributed by atoms with Crippen LogP contribution in [0.3, 0.4) is 0 Å². The molecule has 0 saturated carbocycles. The van der Waals surface area contributed by atoms with Crippen molar-refractivity contribution in [3.8, 4) is 0 Å². The van der Waals surface area contributed by atoms with E-state index < -0.39 is 29.8 Å². The monoisotopic (exact) mass is 356 g/mol. The first kappa shape index (κ1) is 18.8. The SMILES string of the molecule is CCOC(=O)/C=C/C1Cc2ccc(C(F)(F)F)cc2N1C(=O)N(C)C. The minimum absolute atomic E-state index is 0.201. The molecule has 1 atom stereocenters. The summed E-state index contributed by atoms with van der Waals surface area (Å²) in [5.41, 5.74) is -0.00780. The molecule has 2 amide bonds. The molecule has 0 bridgehead atoms. The van der Waals surface area contributed by atoms with Crippen molar-refractivity contribution in [1.82, 2.24) is 4.90 Å². The standard InChI is InChI=1S/C17H19F3N2O3/c1-4-25-15(23)8-7-13-9-11-5-6-12(17(18,19)20)10-14(11)22(13)16(24)21(2)3/h5-8,10,13H,4,9H2,1-3H3/b8-7+.